The summed E-state index contributed by atoms with van der Waals surface area (Å²) >= 11 is 0. The highest BCUT2D eigenvalue weighted by molar-refractivity contribution is 5.64. The molecule has 2 N–H and O–H groups in total. The summed E-state index contributed by atoms with van der Waals surface area (Å²) in [7, 11) is 1.55. The quantitative estimate of drug-likeness (QED) is 0.573. The highest BCUT2D eigenvalue weighted by atomic mass is 16.5. The molecule has 0 saturated carbocycles. The van der Waals surface area contributed by atoms with Crippen LogP contribution >= 0.6 is 0 Å². The van der Waals surface area contributed by atoms with Crippen molar-refractivity contribution in [3.8, 4) is 5.75 Å². The van der Waals surface area contributed by atoms with E-state index in [1.54, 1.807) is 31.4 Å². The lowest BCUT2D eigenvalue weighted by Gasteiger charge is -2.28. The molecule has 0 aliphatic heterocycles. The van der Waals surface area contributed by atoms with Crippen LogP contribution in [0.5, 0.6) is 5.75 Å². The Hall–Kier alpha value is -1.43. The molecule has 0 aromatic heterocycles. The highest BCUT2D eigenvalue weighted by Gasteiger charge is 2.37. The first-order valence-electron chi connectivity index (χ1n) is 8.59. The molecule has 0 fully saturated rings. The number of aldehydes is 1. The Bertz CT molecular complexity index is 473. The Kier molecular flexibility index (Phi) is 8.97. The molecule has 24 heavy (non-hydrogen) atoms. The molecule has 1 aromatic rings. The molecule has 1 rings (SSSR count). The van der Waals surface area contributed by atoms with Gasteiger partial charge >= 0.3 is 0 Å². The fourth-order valence-corrected chi connectivity index (χ4v) is 2.54. The van der Waals surface area contributed by atoms with Crippen molar-refractivity contribution >= 4 is 6.29 Å². The maximum absolute atomic E-state index is 11.4. The zero-order valence-corrected chi connectivity index (χ0v) is 14.9. The number of carbonyl (C=O) groups is 1. The average molecular weight is 338 g/mol. The van der Waals surface area contributed by atoms with E-state index in [4.69, 9.17) is 9.47 Å². The first-order chi connectivity index (χ1) is 11.5. The van der Waals surface area contributed by atoms with Crippen LogP contribution in [0.4, 0.5) is 0 Å². The summed E-state index contributed by atoms with van der Waals surface area (Å²) in [5.41, 5.74) is -1.52. The van der Waals surface area contributed by atoms with Crippen LogP contribution < -0.4 is 4.74 Å². The number of carbonyl (C=O) groups excluding carboxylic acids is 1. The molecule has 3 atom stereocenters. The summed E-state index contributed by atoms with van der Waals surface area (Å²) in [6, 6.07) is 6.58. The second kappa shape index (κ2) is 10.4. The van der Waals surface area contributed by atoms with Crippen LogP contribution in [0.25, 0.3) is 0 Å². The molecule has 0 bridgehead atoms. The molecule has 136 valence electrons. The van der Waals surface area contributed by atoms with E-state index in [9.17, 15) is 15.0 Å². The lowest BCUT2D eigenvalue weighted by Crippen LogP contribution is -2.43. The number of aliphatic hydroxyl groups excluding tert-OH is 1. The maximum Gasteiger partial charge on any atom is 0.173 e. The molecular formula is C19H30O5. The molecule has 3 unspecified atom stereocenters. The molecule has 1 aromatic carbocycles. The third-order valence-corrected chi connectivity index (χ3v) is 4.34. The largest absolute Gasteiger partial charge is 0.497 e. The Balaban J connectivity index is 2.64. The number of rotatable bonds is 12. The van der Waals surface area contributed by atoms with E-state index >= 15 is 0 Å². The molecular weight excluding hydrogens is 308 g/mol. The molecule has 0 radical (unpaired) electrons. The second-order valence-corrected chi connectivity index (χ2v) is 6.22. The fourth-order valence-electron chi connectivity index (χ4n) is 2.54. The van der Waals surface area contributed by atoms with Crippen LogP contribution in [0, 0.1) is 5.92 Å². The minimum atomic E-state index is -1.96. The van der Waals surface area contributed by atoms with Crippen LogP contribution in [0.15, 0.2) is 24.3 Å². The lowest BCUT2D eigenvalue weighted by atomic mass is 9.93. The number of unbranched alkanes of at least 4 members (excludes halogenated alkanes) is 1. The van der Waals surface area contributed by atoms with Gasteiger partial charge in [-0.05, 0) is 30.0 Å². The first kappa shape index (κ1) is 20.6. The van der Waals surface area contributed by atoms with E-state index < -0.39 is 11.7 Å². The molecule has 0 aliphatic carbocycles. The maximum atomic E-state index is 11.4. The molecule has 0 heterocycles. The number of ether oxygens (including phenoxy) is 2. The van der Waals surface area contributed by atoms with Crippen molar-refractivity contribution in [3.63, 3.8) is 0 Å². The van der Waals surface area contributed by atoms with E-state index in [1.165, 1.54) is 0 Å². The normalized spacial score (nSPS) is 16.2. The minimum absolute atomic E-state index is 0.230. The minimum Gasteiger partial charge on any atom is -0.497 e. The predicted molar refractivity (Wildman–Crippen MR) is 93.1 cm³/mol. The average Bonchev–Trinajstić information content (AvgIpc) is 2.63. The lowest BCUT2D eigenvalue weighted by molar-refractivity contribution is -0.151. The topological polar surface area (TPSA) is 76.0 Å². The number of benzene rings is 1. The van der Waals surface area contributed by atoms with E-state index in [0.717, 1.165) is 25.7 Å². The second-order valence-electron chi connectivity index (χ2n) is 6.22. The zero-order valence-electron chi connectivity index (χ0n) is 14.9. The van der Waals surface area contributed by atoms with Crippen LogP contribution in [0.3, 0.4) is 0 Å². The summed E-state index contributed by atoms with van der Waals surface area (Å²) in [6.45, 7) is 4.49. The van der Waals surface area contributed by atoms with Crippen molar-refractivity contribution in [2.24, 2.45) is 5.92 Å². The number of hydrogen-bond acceptors (Lipinski definition) is 5. The van der Waals surface area contributed by atoms with Gasteiger partial charge in [0.25, 0.3) is 0 Å². The summed E-state index contributed by atoms with van der Waals surface area (Å²) < 4.78 is 10.6. The number of hydrogen-bond donors (Lipinski definition) is 2. The van der Waals surface area contributed by atoms with Gasteiger partial charge in [0.15, 0.2) is 11.9 Å². The van der Waals surface area contributed by atoms with Crippen LogP contribution in [0.2, 0.25) is 0 Å². The summed E-state index contributed by atoms with van der Waals surface area (Å²) in [4.78, 5) is 11.4. The number of aliphatic hydroxyl groups is 2. The van der Waals surface area contributed by atoms with Crippen molar-refractivity contribution < 1.29 is 24.5 Å². The van der Waals surface area contributed by atoms with Crippen molar-refractivity contribution in [3.05, 3.63) is 29.8 Å². The molecule has 0 amide bonds. The van der Waals surface area contributed by atoms with E-state index in [-0.39, 0.29) is 6.61 Å². The van der Waals surface area contributed by atoms with Crippen molar-refractivity contribution in [1.82, 2.24) is 0 Å². The number of methoxy groups -OCH3 is 1. The van der Waals surface area contributed by atoms with Crippen LogP contribution in [-0.4, -0.2) is 42.4 Å². The van der Waals surface area contributed by atoms with Gasteiger partial charge in [0.2, 0.25) is 0 Å². The predicted octanol–water partition coefficient (Wildman–Crippen LogP) is 2.89. The SMILES string of the molecule is CCCCC(CC)COCC(O)(C=O)C(O)c1ccc(OC)cc1. The third kappa shape index (κ3) is 5.89. The Morgan fingerprint density at radius 1 is 1.25 bits per heavy atom. The van der Waals surface area contributed by atoms with Gasteiger partial charge in [0.05, 0.1) is 13.7 Å². The van der Waals surface area contributed by atoms with E-state index in [0.29, 0.717) is 30.1 Å². The third-order valence-electron chi connectivity index (χ3n) is 4.34. The molecule has 0 spiro atoms. The highest BCUT2D eigenvalue weighted by Crippen LogP contribution is 2.27. The molecule has 0 saturated heterocycles. The van der Waals surface area contributed by atoms with E-state index in [2.05, 4.69) is 13.8 Å². The van der Waals surface area contributed by atoms with Crippen molar-refractivity contribution in [2.45, 2.75) is 51.2 Å². The Morgan fingerprint density at radius 3 is 2.42 bits per heavy atom. The molecule has 5 nitrogen and oxygen atoms in total. The fraction of sp³-hybridized carbons (Fsp3) is 0.632. The first-order valence-corrected chi connectivity index (χ1v) is 8.59. The van der Waals surface area contributed by atoms with Gasteiger partial charge in [-0.25, -0.2) is 0 Å². The standard InChI is InChI=1S/C19H30O5/c1-4-6-7-15(5-2)12-24-14-19(22,13-20)18(21)16-8-10-17(23-3)11-9-16/h8-11,13,15,18,21-22H,4-7,12,14H2,1-3H3. The van der Waals surface area contributed by atoms with Gasteiger partial charge in [-0.2, -0.15) is 0 Å². The van der Waals surface area contributed by atoms with Gasteiger partial charge in [-0.15, -0.1) is 0 Å². The molecule has 0 aliphatic rings. The van der Waals surface area contributed by atoms with Crippen molar-refractivity contribution in [2.75, 3.05) is 20.3 Å². The van der Waals surface area contributed by atoms with Gasteiger partial charge in [-0.1, -0.05) is 45.2 Å². The Labute approximate surface area is 144 Å². The zero-order chi connectivity index (χ0) is 18.0. The van der Waals surface area contributed by atoms with Gasteiger partial charge in [-0.3, -0.25) is 4.79 Å². The van der Waals surface area contributed by atoms with Gasteiger partial charge in [0, 0.05) is 6.61 Å². The van der Waals surface area contributed by atoms with Crippen LogP contribution in [0.1, 0.15) is 51.2 Å². The van der Waals surface area contributed by atoms with Crippen molar-refractivity contribution in [1.29, 1.82) is 0 Å². The summed E-state index contributed by atoms with van der Waals surface area (Å²) in [5, 5.41) is 20.8. The summed E-state index contributed by atoms with van der Waals surface area (Å²) in [6.07, 6.45) is 3.32. The Morgan fingerprint density at radius 2 is 1.92 bits per heavy atom. The van der Waals surface area contributed by atoms with E-state index in [1.807, 2.05) is 0 Å². The monoisotopic (exact) mass is 338 g/mol. The van der Waals surface area contributed by atoms with Gasteiger partial charge < -0.3 is 19.7 Å². The molecule has 5 heteroatoms. The summed E-state index contributed by atoms with van der Waals surface area (Å²) in [5.74, 6) is 1.04. The van der Waals surface area contributed by atoms with Gasteiger partial charge in [0.1, 0.15) is 11.9 Å². The smallest absolute Gasteiger partial charge is 0.173 e. The van der Waals surface area contributed by atoms with Crippen LogP contribution in [-0.2, 0) is 9.53 Å².